The van der Waals surface area contributed by atoms with Crippen molar-refractivity contribution >= 4 is 58.5 Å². The monoisotopic (exact) mass is 318 g/mol. The van der Waals surface area contributed by atoms with E-state index in [1.165, 1.54) is 11.6 Å². The van der Waals surface area contributed by atoms with Crippen molar-refractivity contribution in [3.63, 3.8) is 0 Å². The van der Waals surface area contributed by atoms with Gasteiger partial charge in [0.05, 0.1) is 5.56 Å². The Morgan fingerprint density at radius 3 is 2.12 bits per heavy atom. The molecular formula is C9H10Cl4N2O2. The van der Waals surface area contributed by atoms with Crippen LogP contribution < -0.4 is 0 Å². The van der Waals surface area contributed by atoms with E-state index in [0.29, 0.717) is 17.5 Å². The topological polar surface area (TPSA) is 52.0 Å². The molecule has 1 aromatic heterocycles. The van der Waals surface area contributed by atoms with Gasteiger partial charge in [0.25, 0.3) is 0 Å². The molecule has 0 aromatic carbocycles. The Morgan fingerprint density at radius 2 is 1.88 bits per heavy atom. The van der Waals surface area contributed by atoms with Crippen LogP contribution in [0, 0.1) is 0 Å². The Bertz CT molecular complexity index is 390. The van der Waals surface area contributed by atoms with Crippen molar-refractivity contribution in [2.45, 2.75) is 16.6 Å². The van der Waals surface area contributed by atoms with Crippen molar-refractivity contribution in [1.82, 2.24) is 9.78 Å². The Morgan fingerprint density at radius 1 is 1.41 bits per heavy atom. The molecule has 0 N–H and O–H groups in total. The first-order chi connectivity index (χ1) is 7.79. The van der Waals surface area contributed by atoms with E-state index < -0.39 is 9.67 Å². The number of nitrogens with zero attached hydrogens (tertiary/aromatic N) is 2. The molecule has 0 saturated heterocycles. The van der Waals surface area contributed by atoms with Gasteiger partial charge in [-0.3, -0.25) is 14.3 Å². The van der Waals surface area contributed by atoms with Gasteiger partial charge in [0.1, 0.15) is 5.69 Å². The van der Waals surface area contributed by atoms with Crippen LogP contribution in [-0.4, -0.2) is 26.7 Å². The molecule has 0 saturated carbocycles. The number of aldehydes is 1. The predicted octanol–water partition coefficient (Wildman–Crippen LogP) is 3.09. The quantitative estimate of drug-likeness (QED) is 0.635. The number of carbonyl (C=O) groups excluding carboxylic acids is 2. The van der Waals surface area contributed by atoms with Crippen molar-refractivity contribution < 1.29 is 9.59 Å². The number of aromatic nitrogens is 2. The average Bonchev–Trinajstić information content (AvgIpc) is 2.60. The van der Waals surface area contributed by atoms with Crippen LogP contribution in [0.5, 0.6) is 0 Å². The summed E-state index contributed by atoms with van der Waals surface area (Å²) < 4.78 is 1.50. The molecule has 0 unspecified atom stereocenters. The number of Topliss-reactive ketones (excluding diaryl/α,β-unsaturated/α-hetero) is 1. The number of alkyl halides is 4. The first-order valence-electron chi connectivity index (χ1n) is 4.35. The van der Waals surface area contributed by atoms with Crippen LogP contribution >= 0.6 is 46.4 Å². The van der Waals surface area contributed by atoms with Gasteiger partial charge in [-0.2, -0.15) is 5.10 Å². The second-order valence-corrected chi connectivity index (χ2v) is 5.17. The number of ketones is 1. The molecule has 0 bridgehead atoms. The first kappa shape index (κ1) is 16.7. The van der Waals surface area contributed by atoms with E-state index in [2.05, 4.69) is 5.10 Å². The summed E-state index contributed by atoms with van der Waals surface area (Å²) in [6.45, 7) is 1.34. The number of carbonyl (C=O) groups is 2. The lowest BCUT2D eigenvalue weighted by atomic mass is 10.3. The summed E-state index contributed by atoms with van der Waals surface area (Å²) in [5.74, 6) is -0.210. The maximum absolute atomic E-state index is 10.4. The zero-order valence-electron chi connectivity index (χ0n) is 9.03. The molecule has 0 aliphatic rings. The van der Waals surface area contributed by atoms with Gasteiger partial charge in [-0.25, -0.2) is 0 Å². The highest BCUT2D eigenvalue weighted by atomic mass is 35.5. The molecular weight excluding hydrogens is 310 g/mol. The number of hydrogen-bond acceptors (Lipinski definition) is 3. The Balaban J connectivity index is 0.000000366. The van der Waals surface area contributed by atoms with Crippen LogP contribution in [0.4, 0.5) is 0 Å². The van der Waals surface area contributed by atoms with Crippen LogP contribution in [0.15, 0.2) is 6.20 Å². The molecule has 1 aromatic rings. The largest absolute Gasteiger partial charge is 0.298 e. The summed E-state index contributed by atoms with van der Waals surface area (Å²) in [6, 6.07) is 0. The number of aryl methyl sites for hydroxylation is 1. The molecule has 1 rings (SSSR count). The van der Waals surface area contributed by atoms with Gasteiger partial charge in [0.15, 0.2) is 21.7 Å². The lowest BCUT2D eigenvalue weighted by molar-refractivity contribution is -0.115. The fourth-order valence-electron chi connectivity index (χ4n) is 0.784. The minimum Gasteiger partial charge on any atom is -0.298 e. The smallest absolute Gasteiger partial charge is 0.165 e. The summed E-state index contributed by atoms with van der Waals surface area (Å²) in [6.07, 6.45) is 2.25. The molecule has 4 nitrogen and oxygen atoms in total. The van der Waals surface area contributed by atoms with E-state index in [-0.39, 0.29) is 5.78 Å². The summed E-state index contributed by atoms with van der Waals surface area (Å²) in [7, 11) is 1.70. The average molecular weight is 320 g/mol. The SMILES string of the molecule is CC(=O)C(Cl)Cl.Cn1cc(C=O)c(C(Cl)Cl)n1. The summed E-state index contributed by atoms with van der Waals surface area (Å²) in [5, 5.41) is 3.90. The summed E-state index contributed by atoms with van der Waals surface area (Å²) in [5.41, 5.74) is 0.841. The van der Waals surface area contributed by atoms with Crippen LogP contribution in [0.3, 0.4) is 0 Å². The molecule has 0 aliphatic heterocycles. The molecule has 8 heteroatoms. The lowest BCUT2D eigenvalue weighted by Gasteiger charge is -1.93. The van der Waals surface area contributed by atoms with E-state index in [9.17, 15) is 9.59 Å². The van der Waals surface area contributed by atoms with Crippen molar-refractivity contribution in [3.8, 4) is 0 Å². The lowest BCUT2D eigenvalue weighted by Crippen LogP contribution is -1.99. The molecule has 0 amide bonds. The van der Waals surface area contributed by atoms with Gasteiger partial charge in [-0.1, -0.05) is 46.4 Å². The molecule has 96 valence electrons. The van der Waals surface area contributed by atoms with E-state index in [0.717, 1.165) is 0 Å². The van der Waals surface area contributed by atoms with Gasteiger partial charge in [-0.15, -0.1) is 0 Å². The van der Waals surface area contributed by atoms with Gasteiger partial charge in [0.2, 0.25) is 0 Å². The van der Waals surface area contributed by atoms with Gasteiger partial charge < -0.3 is 0 Å². The van der Waals surface area contributed by atoms with Crippen LogP contribution in [-0.2, 0) is 11.8 Å². The maximum atomic E-state index is 10.4. The van der Waals surface area contributed by atoms with Crippen molar-refractivity contribution in [2.75, 3.05) is 0 Å². The minimum absolute atomic E-state index is 0.210. The van der Waals surface area contributed by atoms with E-state index in [1.807, 2.05) is 0 Å². The fraction of sp³-hybridized carbons (Fsp3) is 0.444. The van der Waals surface area contributed by atoms with E-state index in [4.69, 9.17) is 46.4 Å². The number of halogens is 4. The third-order valence-corrected chi connectivity index (χ3v) is 2.56. The summed E-state index contributed by atoms with van der Waals surface area (Å²) >= 11 is 21.1. The Kier molecular flexibility index (Phi) is 7.79. The van der Waals surface area contributed by atoms with Gasteiger partial charge in [-0.05, 0) is 6.92 Å². The third kappa shape index (κ3) is 6.27. The zero-order valence-corrected chi connectivity index (χ0v) is 12.1. The normalized spacial score (nSPS) is 10.1. The van der Waals surface area contributed by atoms with Crippen molar-refractivity contribution in [1.29, 1.82) is 0 Å². The zero-order chi connectivity index (χ0) is 13.6. The van der Waals surface area contributed by atoms with Crippen LogP contribution in [0.1, 0.15) is 27.8 Å². The first-order valence-corrected chi connectivity index (χ1v) is 6.09. The van der Waals surface area contributed by atoms with Crippen LogP contribution in [0.25, 0.3) is 0 Å². The van der Waals surface area contributed by atoms with Crippen LogP contribution in [0.2, 0.25) is 0 Å². The molecule has 0 radical (unpaired) electrons. The second-order valence-electron chi connectivity index (χ2n) is 2.97. The molecule has 0 spiro atoms. The minimum atomic E-state index is -0.843. The molecule has 1 heterocycles. The van der Waals surface area contributed by atoms with Gasteiger partial charge in [0, 0.05) is 13.2 Å². The highest BCUT2D eigenvalue weighted by Gasteiger charge is 2.13. The second kappa shape index (κ2) is 7.93. The van der Waals surface area contributed by atoms with Crippen molar-refractivity contribution in [2.24, 2.45) is 7.05 Å². The highest BCUT2D eigenvalue weighted by molar-refractivity contribution is 6.53. The number of hydrogen-bond donors (Lipinski definition) is 0. The Labute approximate surface area is 119 Å². The standard InChI is InChI=1S/C6H6Cl2N2O.C3H4Cl2O/c1-10-2-4(3-11)5(9-10)6(7)8;1-2(6)3(4)5/h2-3,6H,1H3;3H,1H3. The molecule has 0 atom stereocenters. The maximum Gasteiger partial charge on any atom is 0.165 e. The predicted molar refractivity (Wildman–Crippen MR) is 69.2 cm³/mol. The number of rotatable bonds is 3. The molecule has 0 fully saturated rings. The van der Waals surface area contributed by atoms with E-state index >= 15 is 0 Å². The third-order valence-electron chi connectivity index (χ3n) is 1.53. The Hall–Kier alpha value is -0.290. The van der Waals surface area contributed by atoms with Gasteiger partial charge >= 0.3 is 0 Å². The summed E-state index contributed by atoms with van der Waals surface area (Å²) in [4.78, 5) is 18.7. The highest BCUT2D eigenvalue weighted by Crippen LogP contribution is 2.24. The fourth-order valence-corrected chi connectivity index (χ4v) is 1.12. The van der Waals surface area contributed by atoms with Crippen molar-refractivity contribution in [3.05, 3.63) is 17.5 Å². The molecule has 17 heavy (non-hydrogen) atoms. The van der Waals surface area contributed by atoms with E-state index in [1.54, 1.807) is 13.2 Å². The molecule has 0 aliphatic carbocycles.